The lowest BCUT2D eigenvalue weighted by Gasteiger charge is -2.11. The fraction of sp³-hybridized carbons (Fsp3) is 0.357. The quantitative estimate of drug-likeness (QED) is 0.746. The van der Waals surface area contributed by atoms with E-state index in [1.807, 2.05) is 10.8 Å². The number of ether oxygens (including phenoxy) is 1. The molecule has 0 amide bonds. The van der Waals surface area contributed by atoms with Gasteiger partial charge in [0.05, 0.1) is 13.4 Å². The van der Waals surface area contributed by atoms with Gasteiger partial charge in [0.25, 0.3) is 0 Å². The van der Waals surface area contributed by atoms with Gasteiger partial charge in [-0.2, -0.15) is 0 Å². The molecule has 1 N–H and O–H groups in total. The second-order valence-electron chi connectivity index (χ2n) is 4.70. The molecule has 0 radical (unpaired) electrons. The van der Waals surface area contributed by atoms with Crippen LogP contribution >= 0.6 is 11.6 Å². The highest BCUT2D eigenvalue weighted by Crippen LogP contribution is 2.26. The molecule has 2 aromatic rings. The molecule has 0 bridgehead atoms. The summed E-state index contributed by atoms with van der Waals surface area (Å²) in [5, 5.41) is 0.348. The van der Waals surface area contributed by atoms with Gasteiger partial charge in [-0.25, -0.2) is 18.1 Å². The first kappa shape index (κ1) is 16.8. The molecule has 0 saturated heterocycles. The van der Waals surface area contributed by atoms with Crippen LogP contribution in [0.2, 0.25) is 5.02 Å². The molecular weight excluding hydrogens is 326 g/mol. The standard InChI is InChI=1S/C14H18ClN3O3S/c1-21-13-5-4-12(15)10-14(13)22(19,20)17-6-2-3-8-18-9-7-16-11-18/h4-5,7,9-11,17H,2-3,6,8H2,1H3. The van der Waals surface area contributed by atoms with Gasteiger partial charge in [-0.1, -0.05) is 11.6 Å². The summed E-state index contributed by atoms with van der Waals surface area (Å²) in [5.74, 6) is 0.273. The molecule has 1 aromatic heterocycles. The van der Waals surface area contributed by atoms with Crippen molar-refractivity contribution in [1.29, 1.82) is 0 Å². The third kappa shape index (κ3) is 4.46. The number of methoxy groups -OCH3 is 1. The molecule has 2 rings (SSSR count). The summed E-state index contributed by atoms with van der Waals surface area (Å²) in [6.07, 6.45) is 6.90. The fourth-order valence-corrected chi connectivity index (χ4v) is 3.49. The molecule has 1 heterocycles. The van der Waals surface area contributed by atoms with Crippen molar-refractivity contribution >= 4 is 21.6 Å². The highest BCUT2D eigenvalue weighted by Gasteiger charge is 2.19. The van der Waals surface area contributed by atoms with Crippen molar-refractivity contribution in [3.63, 3.8) is 0 Å². The predicted octanol–water partition coefficient (Wildman–Crippen LogP) is 2.30. The molecule has 0 aliphatic rings. The summed E-state index contributed by atoms with van der Waals surface area (Å²) in [5.41, 5.74) is 0. The van der Waals surface area contributed by atoms with Crippen molar-refractivity contribution in [1.82, 2.24) is 14.3 Å². The minimum Gasteiger partial charge on any atom is -0.495 e. The van der Waals surface area contributed by atoms with Crippen molar-refractivity contribution in [3.8, 4) is 5.75 Å². The number of imidazole rings is 1. The molecule has 0 aliphatic carbocycles. The number of hydrogen-bond acceptors (Lipinski definition) is 4. The number of halogens is 1. The molecule has 0 atom stereocenters. The van der Waals surface area contributed by atoms with E-state index >= 15 is 0 Å². The lowest BCUT2D eigenvalue weighted by molar-refractivity contribution is 0.402. The summed E-state index contributed by atoms with van der Waals surface area (Å²) >= 11 is 5.86. The first-order valence-corrected chi connectivity index (χ1v) is 8.68. The smallest absolute Gasteiger partial charge is 0.244 e. The van der Waals surface area contributed by atoms with E-state index in [-0.39, 0.29) is 10.6 Å². The van der Waals surface area contributed by atoms with Crippen LogP contribution in [0.4, 0.5) is 0 Å². The molecule has 0 aliphatic heterocycles. The summed E-state index contributed by atoms with van der Waals surface area (Å²) < 4.78 is 34.2. The number of nitrogens with one attached hydrogen (secondary N) is 1. The zero-order valence-electron chi connectivity index (χ0n) is 12.2. The fourth-order valence-electron chi connectivity index (χ4n) is 1.98. The molecule has 0 spiro atoms. The van der Waals surface area contributed by atoms with E-state index in [9.17, 15) is 8.42 Å². The van der Waals surface area contributed by atoms with Crippen LogP contribution in [0.15, 0.2) is 41.8 Å². The lowest BCUT2D eigenvalue weighted by Crippen LogP contribution is -2.25. The maximum atomic E-state index is 12.3. The molecule has 22 heavy (non-hydrogen) atoms. The van der Waals surface area contributed by atoms with Crippen LogP contribution in [0.1, 0.15) is 12.8 Å². The number of hydrogen-bond donors (Lipinski definition) is 1. The molecule has 0 saturated carbocycles. The highest BCUT2D eigenvalue weighted by atomic mass is 35.5. The average Bonchev–Trinajstić information content (AvgIpc) is 3.00. The Hall–Kier alpha value is -1.57. The van der Waals surface area contributed by atoms with Crippen molar-refractivity contribution < 1.29 is 13.2 Å². The Morgan fingerprint density at radius 1 is 1.36 bits per heavy atom. The van der Waals surface area contributed by atoms with E-state index in [1.54, 1.807) is 18.6 Å². The number of aromatic nitrogens is 2. The van der Waals surface area contributed by atoms with Gasteiger partial charge in [0.2, 0.25) is 10.0 Å². The topological polar surface area (TPSA) is 73.2 Å². The summed E-state index contributed by atoms with van der Waals surface area (Å²) in [6.45, 7) is 1.16. The first-order chi connectivity index (χ1) is 10.5. The van der Waals surface area contributed by atoms with Crippen LogP contribution in [0.3, 0.4) is 0 Å². The number of sulfonamides is 1. The molecule has 120 valence electrons. The van der Waals surface area contributed by atoms with E-state index in [0.29, 0.717) is 11.6 Å². The molecule has 0 fully saturated rings. The maximum Gasteiger partial charge on any atom is 0.244 e. The molecule has 1 aromatic carbocycles. The predicted molar refractivity (Wildman–Crippen MR) is 84.7 cm³/mol. The number of unbranched alkanes of at least 4 members (excludes halogenated alkanes) is 1. The maximum absolute atomic E-state index is 12.3. The number of aryl methyl sites for hydroxylation is 1. The van der Waals surface area contributed by atoms with Crippen LogP contribution in [0.5, 0.6) is 5.75 Å². The third-order valence-corrected chi connectivity index (χ3v) is 4.83. The molecule has 6 nitrogen and oxygen atoms in total. The Bertz CT molecular complexity index is 702. The monoisotopic (exact) mass is 343 g/mol. The van der Waals surface area contributed by atoms with E-state index < -0.39 is 10.0 Å². The molecule has 0 unspecified atom stereocenters. The second kappa shape index (κ2) is 7.62. The average molecular weight is 344 g/mol. The largest absolute Gasteiger partial charge is 0.495 e. The van der Waals surface area contributed by atoms with Gasteiger partial charge in [0.15, 0.2) is 0 Å². The first-order valence-electron chi connectivity index (χ1n) is 6.82. The Balaban J connectivity index is 1.89. The van der Waals surface area contributed by atoms with Gasteiger partial charge in [-0.3, -0.25) is 0 Å². The van der Waals surface area contributed by atoms with Crippen molar-refractivity contribution in [3.05, 3.63) is 41.9 Å². The second-order valence-corrected chi connectivity index (χ2v) is 6.87. The number of rotatable bonds is 8. The van der Waals surface area contributed by atoms with Crippen LogP contribution in [-0.4, -0.2) is 31.6 Å². The SMILES string of the molecule is COc1ccc(Cl)cc1S(=O)(=O)NCCCCn1ccnc1. The van der Waals surface area contributed by atoms with Gasteiger partial charge in [-0.15, -0.1) is 0 Å². The lowest BCUT2D eigenvalue weighted by atomic mass is 10.3. The van der Waals surface area contributed by atoms with Crippen molar-refractivity contribution in [2.24, 2.45) is 0 Å². The number of nitrogens with zero attached hydrogens (tertiary/aromatic N) is 2. The Morgan fingerprint density at radius 2 is 2.18 bits per heavy atom. The van der Waals surface area contributed by atoms with Gasteiger partial charge < -0.3 is 9.30 Å². The van der Waals surface area contributed by atoms with Crippen molar-refractivity contribution in [2.45, 2.75) is 24.3 Å². The number of benzene rings is 1. The van der Waals surface area contributed by atoms with Crippen LogP contribution in [0, 0.1) is 0 Å². The zero-order valence-corrected chi connectivity index (χ0v) is 13.8. The summed E-state index contributed by atoms with van der Waals surface area (Å²) in [6, 6.07) is 4.51. The Morgan fingerprint density at radius 3 is 2.86 bits per heavy atom. The zero-order chi connectivity index (χ0) is 16.0. The Labute approximate surface area is 135 Å². The van der Waals surface area contributed by atoms with Gasteiger partial charge in [-0.05, 0) is 31.0 Å². The molecule has 8 heteroatoms. The van der Waals surface area contributed by atoms with Gasteiger partial charge in [0, 0.05) is 30.5 Å². The Kier molecular flexibility index (Phi) is 5.82. The van der Waals surface area contributed by atoms with Crippen LogP contribution in [-0.2, 0) is 16.6 Å². The van der Waals surface area contributed by atoms with E-state index in [0.717, 1.165) is 19.4 Å². The van der Waals surface area contributed by atoms with E-state index in [1.165, 1.54) is 19.2 Å². The van der Waals surface area contributed by atoms with E-state index in [4.69, 9.17) is 16.3 Å². The summed E-state index contributed by atoms with van der Waals surface area (Å²) in [7, 11) is -2.21. The van der Waals surface area contributed by atoms with Crippen LogP contribution < -0.4 is 9.46 Å². The van der Waals surface area contributed by atoms with Gasteiger partial charge >= 0.3 is 0 Å². The summed E-state index contributed by atoms with van der Waals surface area (Å²) in [4.78, 5) is 4.01. The highest BCUT2D eigenvalue weighted by molar-refractivity contribution is 7.89. The van der Waals surface area contributed by atoms with E-state index in [2.05, 4.69) is 9.71 Å². The molecular formula is C14H18ClN3O3S. The minimum atomic E-state index is -3.64. The van der Waals surface area contributed by atoms with Crippen molar-refractivity contribution in [2.75, 3.05) is 13.7 Å². The third-order valence-electron chi connectivity index (χ3n) is 3.11. The normalized spacial score (nSPS) is 11.5. The van der Waals surface area contributed by atoms with Crippen LogP contribution in [0.25, 0.3) is 0 Å². The minimum absolute atomic E-state index is 0.0529. The van der Waals surface area contributed by atoms with Gasteiger partial charge in [0.1, 0.15) is 10.6 Å².